The van der Waals surface area contributed by atoms with Crippen molar-refractivity contribution < 1.29 is 83.5 Å². The molecule has 2 aliphatic heterocycles. The van der Waals surface area contributed by atoms with Gasteiger partial charge in [-0.1, -0.05) is 26.5 Å². The summed E-state index contributed by atoms with van der Waals surface area (Å²) in [6, 6.07) is 5.87. The number of carbonyl (C=O) groups excluding carboxylic acids is 3. The first-order valence-corrected chi connectivity index (χ1v) is 18.8. The number of amides is 2. The minimum Gasteiger partial charge on any atom is -0.748 e. The summed E-state index contributed by atoms with van der Waals surface area (Å²) in [5.74, 6) is -2.78. The predicted octanol–water partition coefficient (Wildman–Crippen LogP) is 1.86. The number of aryl methyl sites for hydroxylation is 3. The van der Waals surface area contributed by atoms with E-state index in [2.05, 4.69) is 34.1 Å². The molecule has 4 N–H and O–H groups in total. The predicted molar refractivity (Wildman–Crippen MR) is 200 cm³/mol. The number of H-pyrrole nitrogens is 2. The monoisotopic (exact) mass is 768 g/mol. The van der Waals surface area contributed by atoms with Crippen LogP contribution in [0.1, 0.15) is 96.0 Å². The summed E-state index contributed by atoms with van der Waals surface area (Å²) in [4.78, 5) is 56.9. The Morgan fingerprint density at radius 2 is 1.70 bits per heavy atom. The quantitative estimate of drug-likeness (QED) is 0.128. The third kappa shape index (κ3) is 8.93. The minimum absolute atomic E-state index is 0. The van der Waals surface area contributed by atoms with E-state index in [1.54, 1.807) is 14.0 Å². The zero-order chi connectivity index (χ0) is 38.1. The maximum atomic E-state index is 14.0. The molecule has 0 saturated heterocycles. The SMILES string of the molecule is C=Cc1c(C)c2cc3nc(c(CC(=O)OC)c4nc(cc5[nH]c(cc1[nH]2)c(C)c5CC)C(C)=C4C(=O)NCCS(=O)(=O)[O-])[C@@H](CCC(=O)NC)C3C.[K+]. The van der Waals surface area contributed by atoms with Crippen LogP contribution in [-0.4, -0.2) is 77.1 Å². The maximum Gasteiger partial charge on any atom is 1.00 e. The summed E-state index contributed by atoms with van der Waals surface area (Å²) in [7, 11) is -1.77. The van der Waals surface area contributed by atoms with Gasteiger partial charge < -0.3 is 29.9 Å². The Balaban J connectivity index is 0.00000627. The Bertz CT molecular complexity index is 2290. The fourth-order valence-electron chi connectivity index (χ4n) is 7.12. The maximum absolute atomic E-state index is 14.0. The zero-order valence-electron chi connectivity index (χ0n) is 31.6. The average Bonchev–Trinajstić information content (AvgIpc) is 3.78. The number of nitrogens with zero attached hydrogens (tertiary/aromatic N) is 2. The summed E-state index contributed by atoms with van der Waals surface area (Å²) in [6.07, 6.45) is 2.79. The molecular weight excluding hydrogens is 724 g/mol. The molecule has 13 nitrogen and oxygen atoms in total. The average molecular weight is 769 g/mol. The number of esters is 1. The van der Waals surface area contributed by atoms with Crippen molar-refractivity contribution in [3.8, 4) is 0 Å². The molecule has 8 bridgehead atoms. The van der Waals surface area contributed by atoms with E-state index < -0.39 is 34.3 Å². The van der Waals surface area contributed by atoms with Gasteiger partial charge in [0.2, 0.25) is 5.91 Å². The molecule has 3 aromatic rings. The van der Waals surface area contributed by atoms with E-state index in [-0.39, 0.29) is 93.2 Å². The number of aromatic nitrogens is 4. The van der Waals surface area contributed by atoms with Crippen molar-refractivity contribution >= 4 is 67.2 Å². The van der Waals surface area contributed by atoms with Gasteiger partial charge in [-0.05, 0) is 74.1 Å². The first kappa shape index (κ1) is 42.3. The van der Waals surface area contributed by atoms with Gasteiger partial charge in [0.15, 0.2) is 0 Å². The van der Waals surface area contributed by atoms with Gasteiger partial charge in [0.25, 0.3) is 5.91 Å². The van der Waals surface area contributed by atoms with E-state index in [0.717, 1.165) is 44.3 Å². The molecule has 0 saturated carbocycles. The van der Waals surface area contributed by atoms with E-state index in [0.29, 0.717) is 41.1 Å². The van der Waals surface area contributed by atoms with Crippen molar-refractivity contribution in [3.63, 3.8) is 0 Å². The van der Waals surface area contributed by atoms with Crippen molar-refractivity contribution in [2.45, 2.75) is 72.1 Å². The van der Waals surface area contributed by atoms with Crippen molar-refractivity contribution in [3.05, 3.63) is 75.4 Å². The summed E-state index contributed by atoms with van der Waals surface area (Å²) in [5, 5.41) is 5.23. The molecule has 53 heavy (non-hydrogen) atoms. The Labute approximate surface area is 352 Å². The van der Waals surface area contributed by atoms with Crippen LogP contribution < -0.4 is 62.0 Å². The van der Waals surface area contributed by atoms with Gasteiger partial charge in [-0.25, -0.2) is 13.4 Å². The van der Waals surface area contributed by atoms with Crippen LogP contribution in [0.3, 0.4) is 0 Å². The fraction of sp³-hybridized carbons (Fsp3) is 0.395. The number of allylic oxidation sites excluding steroid dienone is 1. The molecule has 0 radical (unpaired) electrons. The third-order valence-corrected chi connectivity index (χ3v) is 10.8. The van der Waals surface area contributed by atoms with E-state index in [9.17, 15) is 27.4 Å². The Morgan fingerprint density at radius 1 is 1.02 bits per heavy atom. The molecule has 5 heterocycles. The third-order valence-electron chi connectivity index (χ3n) is 10.1. The molecule has 2 aliphatic rings. The van der Waals surface area contributed by atoms with Crippen LogP contribution in [0, 0.1) is 13.8 Å². The second-order valence-corrected chi connectivity index (χ2v) is 14.7. The normalized spacial score (nSPS) is 15.5. The molecule has 5 rings (SSSR count). The molecule has 0 aromatic carbocycles. The molecule has 15 heteroatoms. The van der Waals surface area contributed by atoms with Crippen LogP contribution in [0.25, 0.3) is 39.3 Å². The van der Waals surface area contributed by atoms with Crippen LogP contribution in [0.4, 0.5) is 0 Å². The van der Waals surface area contributed by atoms with Gasteiger partial charge in [0.05, 0.1) is 52.1 Å². The molecular formula is C38H45KN6O7S. The Morgan fingerprint density at radius 3 is 2.32 bits per heavy atom. The van der Waals surface area contributed by atoms with E-state index in [4.69, 9.17) is 14.7 Å². The molecule has 0 spiro atoms. The van der Waals surface area contributed by atoms with Gasteiger partial charge in [-0.2, -0.15) is 0 Å². The first-order chi connectivity index (χ1) is 24.6. The molecule has 2 amide bonds. The number of nitrogens with one attached hydrogen (secondary N) is 4. The van der Waals surface area contributed by atoms with Gasteiger partial charge in [0, 0.05) is 70.7 Å². The molecule has 0 aliphatic carbocycles. The van der Waals surface area contributed by atoms with Crippen LogP contribution in [0.2, 0.25) is 0 Å². The standard InChI is InChI=1S/C38H46N6O7S.K/c1-9-23-19(3)27-16-29-21(5)25(11-12-33(45)39-7)36(43-29)26(15-34(46)51-8)37-35(38(47)40-13-14-52(48,49)50)22(6)30(44-37)18-32-24(10-2)20(4)28(42-32)17-31(23)41-27;/h9,16-18,21,25,41-42H,1,10-15H2,2-8H3,(H,39,45)(H,40,47)(H,48,49,50);/q;+1/p-1/t21?,25-;/m0./s1. The molecule has 3 aromatic heterocycles. The Kier molecular flexibility index (Phi) is 13.8. The molecule has 2 atom stereocenters. The number of ether oxygens (including phenoxy) is 1. The van der Waals surface area contributed by atoms with Crippen molar-refractivity contribution in [2.24, 2.45) is 0 Å². The first-order valence-electron chi connectivity index (χ1n) is 17.2. The van der Waals surface area contributed by atoms with Crippen LogP contribution in [-0.2, 0) is 42.1 Å². The van der Waals surface area contributed by atoms with Gasteiger partial charge in [-0.3, -0.25) is 19.4 Å². The molecule has 276 valence electrons. The summed E-state index contributed by atoms with van der Waals surface area (Å²) < 4.78 is 39.3. The van der Waals surface area contributed by atoms with E-state index in [1.807, 2.05) is 45.0 Å². The van der Waals surface area contributed by atoms with Crippen molar-refractivity contribution in [2.75, 3.05) is 26.5 Å². The van der Waals surface area contributed by atoms with Crippen molar-refractivity contribution in [1.29, 1.82) is 0 Å². The summed E-state index contributed by atoms with van der Waals surface area (Å²) in [5.41, 5.74) is 10.1. The number of hydrogen-bond donors (Lipinski definition) is 4. The number of rotatable bonds is 11. The summed E-state index contributed by atoms with van der Waals surface area (Å²) >= 11 is 0. The Hall–Kier alpha value is -3.44. The smallest absolute Gasteiger partial charge is 0.748 e. The summed E-state index contributed by atoms with van der Waals surface area (Å²) in [6.45, 7) is 13.5. The van der Waals surface area contributed by atoms with Crippen molar-refractivity contribution in [1.82, 2.24) is 30.6 Å². The fourth-order valence-corrected chi connectivity index (χ4v) is 7.47. The second-order valence-electron chi connectivity index (χ2n) is 13.2. The molecule has 1 unspecified atom stereocenters. The van der Waals surface area contributed by atoms with Crippen LogP contribution in [0.15, 0.2) is 24.8 Å². The van der Waals surface area contributed by atoms with Gasteiger partial charge in [0.1, 0.15) is 0 Å². The van der Waals surface area contributed by atoms with Crippen LogP contribution >= 0.6 is 0 Å². The molecule has 0 fully saturated rings. The van der Waals surface area contributed by atoms with Gasteiger partial charge in [-0.15, -0.1) is 0 Å². The number of carbonyl (C=O) groups is 3. The number of hydrogen-bond acceptors (Lipinski definition) is 9. The zero-order valence-corrected chi connectivity index (χ0v) is 35.5. The number of methoxy groups -OCH3 is 1. The minimum atomic E-state index is -4.60. The van der Waals surface area contributed by atoms with E-state index in [1.165, 1.54) is 7.11 Å². The topological polar surface area (TPSA) is 199 Å². The van der Waals surface area contributed by atoms with Gasteiger partial charge >= 0.3 is 57.4 Å². The van der Waals surface area contributed by atoms with Crippen LogP contribution in [0.5, 0.6) is 0 Å². The van der Waals surface area contributed by atoms with E-state index >= 15 is 0 Å². The second kappa shape index (κ2) is 17.4. The number of fused-ring (bicyclic) bond motifs is 8. The largest absolute Gasteiger partial charge is 1.00 e. The number of aromatic amines is 2.